The van der Waals surface area contributed by atoms with E-state index in [4.69, 9.17) is 4.74 Å². The zero-order valence-electron chi connectivity index (χ0n) is 14.1. The second-order valence-corrected chi connectivity index (χ2v) is 7.47. The monoisotopic (exact) mass is 356 g/mol. The Morgan fingerprint density at radius 3 is 3.08 bits per heavy atom. The van der Waals surface area contributed by atoms with Crippen LogP contribution in [0.1, 0.15) is 35.4 Å². The van der Waals surface area contributed by atoms with Gasteiger partial charge in [-0.3, -0.25) is 9.59 Å². The van der Waals surface area contributed by atoms with E-state index in [9.17, 15) is 9.59 Å². The molecule has 130 valence electrons. The number of nitrogens with one attached hydrogen (secondary N) is 1. The zero-order valence-corrected chi connectivity index (χ0v) is 14.9. The van der Waals surface area contributed by atoms with Crippen molar-refractivity contribution in [1.82, 2.24) is 4.90 Å². The van der Waals surface area contributed by atoms with E-state index in [1.165, 1.54) is 10.4 Å². The Morgan fingerprint density at radius 1 is 1.32 bits per heavy atom. The molecule has 0 aliphatic carbocycles. The first-order valence-electron chi connectivity index (χ1n) is 8.53. The predicted octanol–water partition coefficient (Wildman–Crippen LogP) is 3.16. The number of rotatable bonds is 3. The summed E-state index contributed by atoms with van der Waals surface area (Å²) in [5, 5.41) is 4.94. The molecule has 0 bridgehead atoms. The number of hydrogen-bond acceptors (Lipinski definition) is 4. The van der Waals surface area contributed by atoms with Crippen LogP contribution < -0.4 is 10.1 Å². The van der Waals surface area contributed by atoms with Crippen molar-refractivity contribution in [3.63, 3.8) is 0 Å². The quantitative estimate of drug-likeness (QED) is 0.919. The maximum atomic E-state index is 12.6. The average molecular weight is 356 g/mol. The fourth-order valence-electron chi connectivity index (χ4n) is 3.53. The topological polar surface area (TPSA) is 58.6 Å². The second-order valence-electron chi connectivity index (χ2n) is 6.47. The van der Waals surface area contributed by atoms with Crippen LogP contribution in [0.3, 0.4) is 0 Å². The third-order valence-corrected chi connectivity index (χ3v) is 5.93. The molecule has 6 heteroatoms. The van der Waals surface area contributed by atoms with Gasteiger partial charge in [0.2, 0.25) is 5.91 Å². The molecule has 3 heterocycles. The van der Waals surface area contributed by atoms with Crippen molar-refractivity contribution in [1.29, 1.82) is 0 Å². The summed E-state index contributed by atoms with van der Waals surface area (Å²) in [6.45, 7) is 2.85. The minimum atomic E-state index is 0.00961. The SMILES string of the molecule is C[C@@H]1c2ccsc2CCN1C(=O)COc1ccc2c(c1)CCC(=O)N2. The van der Waals surface area contributed by atoms with Crippen molar-refractivity contribution in [2.24, 2.45) is 0 Å². The van der Waals surface area contributed by atoms with Gasteiger partial charge in [-0.25, -0.2) is 0 Å². The van der Waals surface area contributed by atoms with Crippen LogP contribution in [-0.4, -0.2) is 29.9 Å². The molecule has 2 amide bonds. The Labute approximate surface area is 150 Å². The lowest BCUT2D eigenvalue weighted by atomic mass is 10.0. The van der Waals surface area contributed by atoms with Crippen LogP contribution in [0, 0.1) is 0 Å². The Kier molecular flexibility index (Phi) is 4.21. The number of thiophene rings is 1. The van der Waals surface area contributed by atoms with E-state index in [1.54, 1.807) is 17.4 Å². The number of nitrogens with zero attached hydrogens (tertiary/aromatic N) is 1. The number of hydrogen-bond donors (Lipinski definition) is 1. The summed E-state index contributed by atoms with van der Waals surface area (Å²) in [6, 6.07) is 7.77. The molecule has 0 fully saturated rings. The maximum absolute atomic E-state index is 12.6. The summed E-state index contributed by atoms with van der Waals surface area (Å²) in [4.78, 5) is 27.3. The summed E-state index contributed by atoms with van der Waals surface area (Å²) in [5.74, 6) is 0.725. The first-order valence-corrected chi connectivity index (χ1v) is 9.41. The molecule has 1 N–H and O–H groups in total. The smallest absolute Gasteiger partial charge is 0.261 e. The van der Waals surface area contributed by atoms with Gasteiger partial charge in [0.25, 0.3) is 5.91 Å². The van der Waals surface area contributed by atoms with E-state index in [1.807, 2.05) is 17.0 Å². The highest BCUT2D eigenvalue weighted by molar-refractivity contribution is 7.10. The van der Waals surface area contributed by atoms with E-state index in [2.05, 4.69) is 23.7 Å². The lowest BCUT2D eigenvalue weighted by molar-refractivity contribution is -0.135. The molecule has 4 rings (SSSR count). The summed E-state index contributed by atoms with van der Waals surface area (Å²) in [5.41, 5.74) is 3.15. The van der Waals surface area contributed by atoms with Crippen molar-refractivity contribution in [3.05, 3.63) is 45.6 Å². The molecule has 0 saturated heterocycles. The number of anilines is 1. The van der Waals surface area contributed by atoms with Crippen molar-refractivity contribution in [2.75, 3.05) is 18.5 Å². The molecule has 25 heavy (non-hydrogen) atoms. The molecule has 2 aliphatic heterocycles. The van der Waals surface area contributed by atoms with Crippen LogP contribution in [0.15, 0.2) is 29.6 Å². The number of fused-ring (bicyclic) bond motifs is 2. The molecule has 0 unspecified atom stereocenters. The van der Waals surface area contributed by atoms with Gasteiger partial charge in [0.1, 0.15) is 5.75 Å². The molecule has 1 atom stereocenters. The zero-order chi connectivity index (χ0) is 17.4. The van der Waals surface area contributed by atoms with Gasteiger partial charge in [0.15, 0.2) is 6.61 Å². The number of ether oxygens (including phenoxy) is 1. The third kappa shape index (κ3) is 3.14. The van der Waals surface area contributed by atoms with Crippen molar-refractivity contribution in [3.8, 4) is 5.75 Å². The molecular weight excluding hydrogens is 336 g/mol. The van der Waals surface area contributed by atoms with Crippen molar-refractivity contribution < 1.29 is 14.3 Å². The van der Waals surface area contributed by atoms with E-state index in [-0.39, 0.29) is 24.5 Å². The third-order valence-electron chi connectivity index (χ3n) is 4.93. The van der Waals surface area contributed by atoms with Gasteiger partial charge in [-0.1, -0.05) is 0 Å². The van der Waals surface area contributed by atoms with Crippen LogP contribution in [0.2, 0.25) is 0 Å². The summed E-state index contributed by atoms with van der Waals surface area (Å²) in [6.07, 6.45) is 2.11. The first kappa shape index (κ1) is 16.1. The minimum absolute atomic E-state index is 0.00961. The molecule has 0 radical (unpaired) electrons. The highest BCUT2D eigenvalue weighted by Crippen LogP contribution is 2.33. The predicted molar refractivity (Wildman–Crippen MR) is 97.0 cm³/mol. The van der Waals surface area contributed by atoms with Crippen molar-refractivity contribution >= 4 is 28.8 Å². The first-order chi connectivity index (χ1) is 12.1. The molecular formula is C19H20N2O3S. The van der Waals surface area contributed by atoms with E-state index >= 15 is 0 Å². The highest BCUT2D eigenvalue weighted by atomic mass is 32.1. The van der Waals surface area contributed by atoms with Crippen LogP contribution in [0.5, 0.6) is 5.75 Å². The van der Waals surface area contributed by atoms with Gasteiger partial charge in [-0.05, 0) is 60.5 Å². The van der Waals surface area contributed by atoms with Crippen LogP contribution in [0.25, 0.3) is 0 Å². The Hall–Kier alpha value is -2.34. The molecule has 2 aliphatic rings. The maximum Gasteiger partial charge on any atom is 0.261 e. The second kappa shape index (κ2) is 6.52. The van der Waals surface area contributed by atoms with E-state index in [0.29, 0.717) is 18.6 Å². The van der Waals surface area contributed by atoms with E-state index in [0.717, 1.165) is 24.2 Å². The van der Waals surface area contributed by atoms with Crippen LogP contribution in [-0.2, 0) is 22.4 Å². The molecule has 1 aromatic carbocycles. The van der Waals surface area contributed by atoms with Gasteiger partial charge in [-0.15, -0.1) is 11.3 Å². The van der Waals surface area contributed by atoms with Gasteiger partial charge in [0.05, 0.1) is 6.04 Å². The lowest BCUT2D eigenvalue weighted by Crippen LogP contribution is -2.40. The van der Waals surface area contributed by atoms with Crippen LogP contribution in [0.4, 0.5) is 5.69 Å². The van der Waals surface area contributed by atoms with Gasteiger partial charge < -0.3 is 15.0 Å². The minimum Gasteiger partial charge on any atom is -0.484 e. The lowest BCUT2D eigenvalue weighted by Gasteiger charge is -2.33. The molecule has 1 aromatic heterocycles. The summed E-state index contributed by atoms with van der Waals surface area (Å²) >= 11 is 1.77. The standard InChI is InChI=1S/C19H20N2O3S/c1-12-15-7-9-25-17(15)6-8-21(12)19(23)11-24-14-3-4-16-13(10-14)2-5-18(22)20-16/h3-4,7,9-10,12H,2,5-6,8,11H2,1H3,(H,20,22)/t12-/m1/s1. The van der Waals surface area contributed by atoms with E-state index < -0.39 is 0 Å². The largest absolute Gasteiger partial charge is 0.484 e. The van der Waals surface area contributed by atoms with Gasteiger partial charge in [-0.2, -0.15) is 0 Å². The summed E-state index contributed by atoms with van der Waals surface area (Å²) in [7, 11) is 0. The van der Waals surface area contributed by atoms with Gasteiger partial charge in [0, 0.05) is 23.5 Å². The molecule has 2 aromatic rings. The van der Waals surface area contributed by atoms with Gasteiger partial charge >= 0.3 is 0 Å². The number of amides is 2. The molecule has 0 saturated carbocycles. The number of carbonyl (C=O) groups excluding carboxylic acids is 2. The van der Waals surface area contributed by atoms with Crippen molar-refractivity contribution in [2.45, 2.75) is 32.2 Å². The Morgan fingerprint density at radius 2 is 2.20 bits per heavy atom. The number of benzene rings is 1. The fourth-order valence-corrected chi connectivity index (χ4v) is 4.49. The number of carbonyl (C=O) groups is 2. The Bertz CT molecular complexity index is 830. The van der Waals surface area contributed by atoms with Crippen LogP contribution >= 0.6 is 11.3 Å². The Balaban J connectivity index is 1.40. The number of aryl methyl sites for hydroxylation is 1. The highest BCUT2D eigenvalue weighted by Gasteiger charge is 2.28. The fraction of sp³-hybridized carbons (Fsp3) is 0.368. The molecule has 5 nitrogen and oxygen atoms in total. The molecule has 0 spiro atoms. The average Bonchev–Trinajstić information content (AvgIpc) is 3.09. The normalized spacial score (nSPS) is 19.0. The summed E-state index contributed by atoms with van der Waals surface area (Å²) < 4.78 is 5.73.